The highest BCUT2D eigenvalue weighted by atomic mass is 19.4. The van der Waals surface area contributed by atoms with E-state index in [1.165, 1.54) is 11.6 Å². The number of hydrogen-bond donors (Lipinski definition) is 1. The van der Waals surface area contributed by atoms with Gasteiger partial charge in [0.05, 0.1) is 18.4 Å². The molecule has 3 heterocycles. The fraction of sp³-hybridized carbons (Fsp3) is 0.143. The number of rotatable bonds is 6. The summed E-state index contributed by atoms with van der Waals surface area (Å²) in [5.74, 6) is 0. The minimum Gasteiger partial charge on any atom is -0.379 e. The lowest BCUT2D eigenvalue weighted by atomic mass is 10.1. The number of alkyl halides is 3. The summed E-state index contributed by atoms with van der Waals surface area (Å²) >= 11 is 0. The Morgan fingerprint density at radius 1 is 0.900 bits per heavy atom. The van der Waals surface area contributed by atoms with Crippen LogP contribution >= 0.6 is 0 Å². The fourth-order valence-corrected chi connectivity index (χ4v) is 2.90. The summed E-state index contributed by atoms with van der Waals surface area (Å²) < 4.78 is 39.9. The molecule has 0 amide bonds. The van der Waals surface area contributed by atoms with Crippen molar-refractivity contribution < 1.29 is 13.2 Å². The van der Waals surface area contributed by atoms with E-state index in [4.69, 9.17) is 0 Å². The van der Waals surface area contributed by atoms with E-state index in [1.54, 1.807) is 23.3 Å². The predicted molar refractivity (Wildman–Crippen MR) is 105 cm³/mol. The van der Waals surface area contributed by atoms with Gasteiger partial charge in [0, 0.05) is 24.3 Å². The first-order chi connectivity index (χ1) is 14.5. The third-order valence-corrected chi connectivity index (χ3v) is 4.42. The summed E-state index contributed by atoms with van der Waals surface area (Å²) in [7, 11) is 0. The predicted octanol–water partition coefficient (Wildman–Crippen LogP) is 4.28. The van der Waals surface area contributed by atoms with Crippen molar-refractivity contribution in [3.05, 3.63) is 95.8 Å². The molecule has 0 aliphatic heterocycles. The van der Waals surface area contributed by atoms with Gasteiger partial charge < -0.3 is 5.32 Å². The molecule has 0 saturated heterocycles. The van der Waals surface area contributed by atoms with Crippen LogP contribution in [0.25, 0.3) is 5.69 Å². The van der Waals surface area contributed by atoms with Gasteiger partial charge in [0.1, 0.15) is 11.4 Å². The standard InChI is InChI=1S/C21H17F3N6/c22-21(23,24)20-12-17(7-10-26-20)27-13-18-14-30(29-28-18)19-3-1-15(2-4-19)11-16-5-8-25-9-6-16/h1-10,12,14H,11,13H2,(H,26,27). The van der Waals surface area contributed by atoms with Gasteiger partial charge in [-0.05, 0) is 53.9 Å². The summed E-state index contributed by atoms with van der Waals surface area (Å²) in [5.41, 5.74) is 3.15. The third-order valence-electron chi connectivity index (χ3n) is 4.42. The second kappa shape index (κ2) is 8.32. The minimum absolute atomic E-state index is 0.238. The van der Waals surface area contributed by atoms with Gasteiger partial charge in [-0.25, -0.2) is 4.68 Å². The van der Waals surface area contributed by atoms with Gasteiger partial charge in [-0.3, -0.25) is 9.97 Å². The number of halogens is 3. The molecule has 1 N–H and O–H groups in total. The molecule has 0 unspecified atom stereocenters. The lowest BCUT2D eigenvalue weighted by Crippen LogP contribution is -2.09. The Morgan fingerprint density at radius 2 is 1.63 bits per heavy atom. The largest absolute Gasteiger partial charge is 0.433 e. The van der Waals surface area contributed by atoms with Crippen LogP contribution in [0.4, 0.5) is 18.9 Å². The number of nitrogens with one attached hydrogen (secondary N) is 1. The van der Waals surface area contributed by atoms with Crippen molar-refractivity contribution in [2.75, 3.05) is 5.32 Å². The normalized spacial score (nSPS) is 11.4. The lowest BCUT2D eigenvalue weighted by Gasteiger charge is -2.08. The number of pyridine rings is 2. The Morgan fingerprint density at radius 3 is 2.37 bits per heavy atom. The quantitative estimate of drug-likeness (QED) is 0.514. The Bertz CT molecular complexity index is 1110. The highest BCUT2D eigenvalue weighted by Gasteiger charge is 2.32. The Hall–Kier alpha value is -3.75. The van der Waals surface area contributed by atoms with Crippen molar-refractivity contribution in [3.8, 4) is 5.69 Å². The molecule has 0 saturated carbocycles. The van der Waals surface area contributed by atoms with Crippen LogP contribution in [-0.2, 0) is 19.1 Å². The summed E-state index contributed by atoms with van der Waals surface area (Å²) in [6.07, 6.45) is 2.72. The molecule has 9 heteroatoms. The number of anilines is 1. The zero-order valence-electron chi connectivity index (χ0n) is 15.7. The molecule has 0 aliphatic rings. The van der Waals surface area contributed by atoms with Crippen molar-refractivity contribution in [2.45, 2.75) is 19.1 Å². The average Bonchev–Trinajstić information content (AvgIpc) is 3.22. The summed E-state index contributed by atoms with van der Waals surface area (Å²) in [6.45, 7) is 0.238. The zero-order chi connectivity index (χ0) is 21.0. The van der Waals surface area contributed by atoms with E-state index in [1.807, 2.05) is 36.4 Å². The maximum Gasteiger partial charge on any atom is 0.433 e. The molecule has 30 heavy (non-hydrogen) atoms. The van der Waals surface area contributed by atoms with E-state index in [0.717, 1.165) is 29.9 Å². The highest BCUT2D eigenvalue weighted by Crippen LogP contribution is 2.28. The Kier molecular flexibility index (Phi) is 5.42. The second-order valence-electron chi connectivity index (χ2n) is 6.63. The molecule has 0 fully saturated rings. The number of aromatic nitrogens is 5. The zero-order valence-corrected chi connectivity index (χ0v) is 15.7. The van der Waals surface area contributed by atoms with Crippen molar-refractivity contribution in [1.82, 2.24) is 25.0 Å². The van der Waals surface area contributed by atoms with Crippen LogP contribution < -0.4 is 5.32 Å². The molecule has 0 bridgehead atoms. The first-order valence-electron chi connectivity index (χ1n) is 9.14. The van der Waals surface area contributed by atoms with Crippen molar-refractivity contribution in [2.24, 2.45) is 0 Å². The SMILES string of the molecule is FC(F)(F)c1cc(NCc2cn(-c3ccc(Cc4ccncc4)cc3)nn2)ccn1. The van der Waals surface area contributed by atoms with Gasteiger partial charge in [0.15, 0.2) is 0 Å². The molecule has 152 valence electrons. The van der Waals surface area contributed by atoms with Gasteiger partial charge in [-0.15, -0.1) is 5.10 Å². The van der Waals surface area contributed by atoms with E-state index in [-0.39, 0.29) is 6.54 Å². The monoisotopic (exact) mass is 410 g/mol. The van der Waals surface area contributed by atoms with E-state index in [0.29, 0.717) is 11.4 Å². The highest BCUT2D eigenvalue weighted by molar-refractivity contribution is 5.44. The Balaban J connectivity index is 1.39. The number of hydrogen-bond acceptors (Lipinski definition) is 5. The molecule has 6 nitrogen and oxygen atoms in total. The third kappa shape index (κ3) is 4.80. The number of benzene rings is 1. The van der Waals surface area contributed by atoms with E-state index >= 15 is 0 Å². The Labute approximate surface area is 170 Å². The summed E-state index contributed by atoms with van der Waals surface area (Å²) in [5, 5.41) is 11.1. The summed E-state index contributed by atoms with van der Waals surface area (Å²) in [4.78, 5) is 7.36. The second-order valence-corrected chi connectivity index (χ2v) is 6.63. The smallest absolute Gasteiger partial charge is 0.379 e. The van der Waals surface area contributed by atoms with Crippen molar-refractivity contribution in [3.63, 3.8) is 0 Å². The molecular formula is C21H17F3N6. The lowest BCUT2D eigenvalue weighted by molar-refractivity contribution is -0.141. The average molecular weight is 410 g/mol. The summed E-state index contributed by atoms with van der Waals surface area (Å²) in [6, 6.07) is 14.3. The topological polar surface area (TPSA) is 68.5 Å². The van der Waals surface area contributed by atoms with Crippen molar-refractivity contribution >= 4 is 5.69 Å². The molecule has 3 aromatic heterocycles. The van der Waals surface area contributed by atoms with Crippen LogP contribution in [0.2, 0.25) is 0 Å². The van der Waals surface area contributed by atoms with E-state index in [9.17, 15) is 13.2 Å². The van der Waals surface area contributed by atoms with Crippen LogP contribution in [0.3, 0.4) is 0 Å². The number of nitrogens with zero attached hydrogens (tertiary/aromatic N) is 5. The fourth-order valence-electron chi connectivity index (χ4n) is 2.90. The molecule has 0 atom stereocenters. The minimum atomic E-state index is -4.48. The molecule has 0 radical (unpaired) electrons. The van der Waals surface area contributed by atoms with Crippen LogP contribution in [0.15, 0.2) is 73.3 Å². The van der Waals surface area contributed by atoms with Gasteiger partial charge in [0.2, 0.25) is 0 Å². The maximum atomic E-state index is 12.8. The van der Waals surface area contributed by atoms with Gasteiger partial charge in [-0.2, -0.15) is 13.2 Å². The molecule has 4 aromatic rings. The van der Waals surface area contributed by atoms with E-state index < -0.39 is 11.9 Å². The molecule has 0 aliphatic carbocycles. The van der Waals surface area contributed by atoms with Crippen LogP contribution in [0, 0.1) is 0 Å². The van der Waals surface area contributed by atoms with Gasteiger partial charge in [0.25, 0.3) is 0 Å². The molecule has 0 spiro atoms. The molecular weight excluding hydrogens is 393 g/mol. The van der Waals surface area contributed by atoms with Crippen LogP contribution in [0.1, 0.15) is 22.5 Å². The van der Waals surface area contributed by atoms with Crippen LogP contribution in [0.5, 0.6) is 0 Å². The van der Waals surface area contributed by atoms with Gasteiger partial charge >= 0.3 is 6.18 Å². The first kappa shape index (κ1) is 19.6. The first-order valence-corrected chi connectivity index (χ1v) is 9.14. The molecule has 4 rings (SSSR count). The molecule has 1 aromatic carbocycles. The van der Waals surface area contributed by atoms with E-state index in [2.05, 4.69) is 25.6 Å². The van der Waals surface area contributed by atoms with Crippen molar-refractivity contribution in [1.29, 1.82) is 0 Å². The van der Waals surface area contributed by atoms with Crippen LogP contribution in [-0.4, -0.2) is 25.0 Å². The maximum absolute atomic E-state index is 12.8. The van der Waals surface area contributed by atoms with Gasteiger partial charge in [-0.1, -0.05) is 17.3 Å².